The van der Waals surface area contributed by atoms with Crippen molar-refractivity contribution >= 4 is 0 Å². The largest absolute Gasteiger partial charge is 0.496 e. The maximum absolute atomic E-state index is 5.35. The Hall–Kier alpha value is -1.95. The van der Waals surface area contributed by atoms with Crippen molar-refractivity contribution in [1.82, 2.24) is 25.5 Å². The van der Waals surface area contributed by atoms with Crippen LogP contribution in [0.2, 0.25) is 0 Å². The van der Waals surface area contributed by atoms with Crippen molar-refractivity contribution in [3.63, 3.8) is 0 Å². The third-order valence-corrected chi connectivity index (χ3v) is 3.10. The number of benzene rings is 1. The number of hydrogen-bond acceptors (Lipinski definition) is 5. The van der Waals surface area contributed by atoms with Gasteiger partial charge in [-0.15, -0.1) is 5.10 Å². The van der Waals surface area contributed by atoms with Gasteiger partial charge in [0.05, 0.1) is 13.7 Å². The number of methoxy groups -OCH3 is 1. The maximum Gasteiger partial charge on any atom is 0.165 e. The van der Waals surface area contributed by atoms with Gasteiger partial charge in [0.2, 0.25) is 0 Å². The Morgan fingerprint density at radius 1 is 1.30 bits per heavy atom. The first-order chi connectivity index (χ1) is 9.85. The van der Waals surface area contributed by atoms with Gasteiger partial charge in [0.15, 0.2) is 5.82 Å². The minimum absolute atomic E-state index is 0.701. The lowest BCUT2D eigenvalue weighted by Gasteiger charge is -2.09. The SMILES string of the molecule is CCCNCc1nnnn1CCc1ccccc1OC. The zero-order chi connectivity index (χ0) is 14.2. The van der Waals surface area contributed by atoms with Gasteiger partial charge in [0.25, 0.3) is 0 Å². The lowest BCUT2D eigenvalue weighted by atomic mass is 10.1. The second kappa shape index (κ2) is 7.59. The molecule has 2 rings (SSSR count). The molecule has 108 valence electrons. The second-order valence-electron chi connectivity index (χ2n) is 4.56. The predicted octanol–water partition coefficient (Wildman–Crippen LogP) is 1.42. The summed E-state index contributed by atoms with van der Waals surface area (Å²) >= 11 is 0. The van der Waals surface area contributed by atoms with Gasteiger partial charge < -0.3 is 10.1 Å². The quantitative estimate of drug-likeness (QED) is 0.738. The van der Waals surface area contributed by atoms with E-state index in [1.807, 2.05) is 22.9 Å². The molecule has 0 unspecified atom stereocenters. The van der Waals surface area contributed by atoms with E-state index in [1.54, 1.807) is 7.11 Å². The molecule has 1 aromatic carbocycles. The smallest absolute Gasteiger partial charge is 0.165 e. The van der Waals surface area contributed by atoms with Crippen molar-refractivity contribution in [2.45, 2.75) is 32.9 Å². The summed E-state index contributed by atoms with van der Waals surface area (Å²) in [6.07, 6.45) is 1.94. The molecule has 0 atom stereocenters. The minimum Gasteiger partial charge on any atom is -0.496 e. The molecular formula is C14H21N5O. The average molecular weight is 275 g/mol. The van der Waals surface area contributed by atoms with Crippen molar-refractivity contribution in [2.75, 3.05) is 13.7 Å². The number of hydrogen-bond donors (Lipinski definition) is 1. The van der Waals surface area contributed by atoms with E-state index in [0.717, 1.165) is 43.1 Å². The average Bonchev–Trinajstić information content (AvgIpc) is 2.93. The van der Waals surface area contributed by atoms with Gasteiger partial charge in [0, 0.05) is 6.54 Å². The summed E-state index contributed by atoms with van der Waals surface area (Å²) in [5, 5.41) is 15.1. The first-order valence-electron chi connectivity index (χ1n) is 6.92. The summed E-state index contributed by atoms with van der Waals surface area (Å²) in [5.41, 5.74) is 1.16. The summed E-state index contributed by atoms with van der Waals surface area (Å²) in [6.45, 7) is 4.56. The summed E-state index contributed by atoms with van der Waals surface area (Å²) in [5.74, 6) is 1.78. The highest BCUT2D eigenvalue weighted by Gasteiger charge is 2.07. The lowest BCUT2D eigenvalue weighted by molar-refractivity contribution is 0.407. The van der Waals surface area contributed by atoms with Crippen molar-refractivity contribution in [3.8, 4) is 5.75 Å². The molecule has 0 saturated carbocycles. The van der Waals surface area contributed by atoms with Crippen molar-refractivity contribution < 1.29 is 4.74 Å². The Kier molecular flexibility index (Phi) is 5.49. The Balaban J connectivity index is 1.95. The fraction of sp³-hybridized carbons (Fsp3) is 0.500. The van der Waals surface area contributed by atoms with E-state index in [9.17, 15) is 0 Å². The molecule has 2 aromatic rings. The fourth-order valence-corrected chi connectivity index (χ4v) is 2.04. The Bertz CT molecular complexity index is 526. The lowest BCUT2D eigenvalue weighted by Crippen LogP contribution is -2.18. The van der Waals surface area contributed by atoms with Gasteiger partial charge in [-0.1, -0.05) is 25.1 Å². The van der Waals surface area contributed by atoms with Crippen LogP contribution in [0.25, 0.3) is 0 Å². The van der Waals surface area contributed by atoms with E-state index in [0.29, 0.717) is 6.54 Å². The van der Waals surface area contributed by atoms with Crippen LogP contribution in [0.1, 0.15) is 24.7 Å². The van der Waals surface area contributed by atoms with Crippen molar-refractivity contribution in [1.29, 1.82) is 0 Å². The first-order valence-corrected chi connectivity index (χ1v) is 6.92. The summed E-state index contributed by atoms with van der Waals surface area (Å²) in [7, 11) is 1.69. The van der Waals surface area contributed by atoms with Gasteiger partial charge in [0.1, 0.15) is 5.75 Å². The molecule has 1 heterocycles. The highest BCUT2D eigenvalue weighted by Crippen LogP contribution is 2.18. The van der Waals surface area contributed by atoms with E-state index in [2.05, 4.69) is 33.8 Å². The van der Waals surface area contributed by atoms with Crippen LogP contribution in [0, 0.1) is 0 Å². The number of ether oxygens (including phenoxy) is 1. The number of nitrogens with zero attached hydrogens (tertiary/aromatic N) is 4. The van der Waals surface area contributed by atoms with Gasteiger partial charge in [-0.25, -0.2) is 4.68 Å². The zero-order valence-corrected chi connectivity index (χ0v) is 12.0. The van der Waals surface area contributed by atoms with Gasteiger partial charge in [-0.2, -0.15) is 0 Å². The maximum atomic E-state index is 5.35. The molecule has 0 amide bonds. The molecule has 0 bridgehead atoms. The molecule has 0 spiro atoms. The number of aryl methyl sites for hydroxylation is 2. The van der Waals surface area contributed by atoms with E-state index in [-0.39, 0.29) is 0 Å². The number of nitrogens with one attached hydrogen (secondary N) is 1. The van der Waals surface area contributed by atoms with E-state index < -0.39 is 0 Å². The molecule has 1 N–H and O–H groups in total. The highest BCUT2D eigenvalue weighted by atomic mass is 16.5. The zero-order valence-electron chi connectivity index (χ0n) is 12.0. The minimum atomic E-state index is 0.701. The first kappa shape index (κ1) is 14.5. The number of para-hydroxylation sites is 1. The molecule has 0 saturated heterocycles. The third kappa shape index (κ3) is 3.77. The van der Waals surface area contributed by atoms with E-state index in [4.69, 9.17) is 4.74 Å². The Morgan fingerprint density at radius 2 is 2.15 bits per heavy atom. The van der Waals surface area contributed by atoms with Crippen LogP contribution in [0.3, 0.4) is 0 Å². The summed E-state index contributed by atoms with van der Waals surface area (Å²) in [4.78, 5) is 0. The molecule has 6 heteroatoms. The van der Waals surface area contributed by atoms with Crippen LogP contribution < -0.4 is 10.1 Å². The Morgan fingerprint density at radius 3 is 2.95 bits per heavy atom. The molecule has 1 aromatic heterocycles. The topological polar surface area (TPSA) is 64.9 Å². The standard InChI is InChI=1S/C14H21N5O/c1-3-9-15-11-14-16-17-18-19(14)10-8-12-6-4-5-7-13(12)20-2/h4-7,15H,3,8-11H2,1-2H3. The summed E-state index contributed by atoms with van der Waals surface area (Å²) in [6, 6.07) is 8.03. The molecule has 20 heavy (non-hydrogen) atoms. The molecule has 0 aliphatic carbocycles. The molecule has 0 fully saturated rings. The van der Waals surface area contributed by atoms with Crippen LogP contribution in [-0.2, 0) is 19.5 Å². The van der Waals surface area contributed by atoms with E-state index >= 15 is 0 Å². The van der Waals surface area contributed by atoms with Crippen LogP contribution in [0.4, 0.5) is 0 Å². The monoisotopic (exact) mass is 275 g/mol. The third-order valence-electron chi connectivity index (χ3n) is 3.10. The van der Waals surface area contributed by atoms with Gasteiger partial charge >= 0.3 is 0 Å². The van der Waals surface area contributed by atoms with Crippen LogP contribution in [0.5, 0.6) is 5.75 Å². The Labute approximate surface area is 119 Å². The molecule has 0 radical (unpaired) electrons. The van der Waals surface area contributed by atoms with E-state index in [1.165, 1.54) is 0 Å². The molecule has 6 nitrogen and oxygen atoms in total. The summed E-state index contributed by atoms with van der Waals surface area (Å²) < 4.78 is 7.19. The van der Waals surface area contributed by atoms with Crippen molar-refractivity contribution in [3.05, 3.63) is 35.7 Å². The number of rotatable bonds is 8. The molecule has 0 aliphatic rings. The van der Waals surface area contributed by atoms with Gasteiger partial charge in [-0.05, 0) is 41.4 Å². The fourth-order valence-electron chi connectivity index (χ4n) is 2.04. The number of aromatic nitrogens is 4. The van der Waals surface area contributed by atoms with Gasteiger partial charge in [-0.3, -0.25) is 0 Å². The van der Waals surface area contributed by atoms with Crippen LogP contribution >= 0.6 is 0 Å². The van der Waals surface area contributed by atoms with Crippen LogP contribution in [0.15, 0.2) is 24.3 Å². The normalized spacial score (nSPS) is 10.7. The van der Waals surface area contributed by atoms with Crippen molar-refractivity contribution in [2.24, 2.45) is 0 Å². The number of tetrazole rings is 1. The highest BCUT2D eigenvalue weighted by molar-refractivity contribution is 5.33. The van der Waals surface area contributed by atoms with Crippen LogP contribution in [-0.4, -0.2) is 33.9 Å². The second-order valence-corrected chi connectivity index (χ2v) is 4.56. The predicted molar refractivity (Wildman–Crippen MR) is 76.5 cm³/mol. The molecular weight excluding hydrogens is 254 g/mol. The molecule has 0 aliphatic heterocycles.